The molecular weight excluding hydrogens is 205 g/mol. The topological polar surface area (TPSA) is 38.9 Å². The van der Waals surface area contributed by atoms with Crippen molar-refractivity contribution in [3.8, 4) is 0 Å². The first-order chi connectivity index (χ1) is 5.95. The highest BCUT2D eigenvalue weighted by atomic mass is 35.5. The summed E-state index contributed by atoms with van der Waals surface area (Å²) in [7, 11) is 0. The van der Waals surface area contributed by atoms with Gasteiger partial charge in [-0.3, -0.25) is 0 Å². The van der Waals surface area contributed by atoms with Crippen LogP contribution >= 0.6 is 11.6 Å². The maximum atomic E-state index is 12.1. The number of anilines is 1. The summed E-state index contributed by atoms with van der Waals surface area (Å²) in [5, 5.41) is 0. The fourth-order valence-corrected chi connectivity index (χ4v) is 0.980. The Morgan fingerprint density at radius 3 is 2.38 bits per heavy atom. The second-order valence-corrected chi connectivity index (χ2v) is 2.63. The summed E-state index contributed by atoms with van der Waals surface area (Å²) in [6, 6.07) is 2.08. The highest BCUT2D eigenvalue weighted by Gasteiger charge is 2.33. The number of nitrogens with zero attached hydrogens (tertiary/aromatic N) is 1. The zero-order valence-electron chi connectivity index (χ0n) is 6.40. The molecule has 0 spiro atoms. The number of hydrogen-bond donors (Lipinski definition) is 1. The van der Waals surface area contributed by atoms with Gasteiger partial charge < -0.3 is 5.73 Å². The minimum Gasteiger partial charge on any atom is -0.383 e. The minimum absolute atomic E-state index is 0.0440. The van der Waals surface area contributed by atoms with Crippen molar-refractivity contribution in [1.82, 2.24) is 4.98 Å². The van der Waals surface area contributed by atoms with E-state index in [1.165, 1.54) is 6.07 Å². The van der Waals surface area contributed by atoms with Crippen LogP contribution in [0.1, 0.15) is 11.3 Å². The van der Waals surface area contributed by atoms with Crippen LogP contribution in [0.4, 0.5) is 19.0 Å². The molecule has 0 aromatic carbocycles. The van der Waals surface area contributed by atoms with E-state index in [0.717, 1.165) is 6.07 Å². The summed E-state index contributed by atoms with van der Waals surface area (Å²) in [5.41, 5.74) is 4.49. The van der Waals surface area contributed by atoms with Crippen molar-refractivity contribution in [2.45, 2.75) is 12.1 Å². The smallest absolute Gasteiger partial charge is 0.383 e. The van der Waals surface area contributed by atoms with Gasteiger partial charge in [0, 0.05) is 0 Å². The molecule has 13 heavy (non-hydrogen) atoms. The highest BCUT2D eigenvalue weighted by molar-refractivity contribution is 6.16. The van der Waals surface area contributed by atoms with Crippen molar-refractivity contribution in [2.75, 3.05) is 5.73 Å². The minimum atomic E-state index is -4.46. The third kappa shape index (κ3) is 2.24. The molecule has 0 aliphatic rings. The Balaban J connectivity index is 3.13. The van der Waals surface area contributed by atoms with Crippen LogP contribution in [0.5, 0.6) is 0 Å². The molecule has 0 bridgehead atoms. The van der Waals surface area contributed by atoms with Crippen LogP contribution in [-0.2, 0) is 12.1 Å². The third-order valence-corrected chi connectivity index (χ3v) is 1.70. The maximum Gasteiger partial charge on any atom is 0.419 e. The van der Waals surface area contributed by atoms with Crippen molar-refractivity contribution < 1.29 is 13.2 Å². The first-order valence-corrected chi connectivity index (χ1v) is 3.87. The number of halogens is 4. The van der Waals surface area contributed by atoms with Gasteiger partial charge in [0.2, 0.25) is 0 Å². The lowest BCUT2D eigenvalue weighted by molar-refractivity contribution is -0.137. The predicted molar refractivity (Wildman–Crippen MR) is 43.2 cm³/mol. The van der Waals surface area contributed by atoms with Crippen molar-refractivity contribution in [1.29, 1.82) is 0 Å². The van der Waals surface area contributed by atoms with Crippen LogP contribution in [-0.4, -0.2) is 4.98 Å². The molecule has 2 nitrogen and oxygen atoms in total. The normalized spacial score (nSPS) is 11.7. The van der Waals surface area contributed by atoms with E-state index in [1.807, 2.05) is 0 Å². The summed E-state index contributed by atoms with van der Waals surface area (Å²) < 4.78 is 36.4. The van der Waals surface area contributed by atoms with E-state index < -0.39 is 17.6 Å². The van der Waals surface area contributed by atoms with Crippen LogP contribution in [0.25, 0.3) is 0 Å². The molecule has 0 fully saturated rings. The van der Waals surface area contributed by atoms with Gasteiger partial charge in [0.25, 0.3) is 0 Å². The summed E-state index contributed by atoms with van der Waals surface area (Å²) in [6.07, 6.45) is -4.46. The molecule has 0 aliphatic carbocycles. The average molecular weight is 211 g/mol. The first kappa shape index (κ1) is 10.1. The predicted octanol–water partition coefficient (Wildman–Crippen LogP) is 2.42. The molecule has 2 N–H and O–H groups in total. The van der Waals surface area contributed by atoms with Crippen molar-refractivity contribution >= 4 is 17.4 Å². The SMILES string of the molecule is Nc1nc(CCl)ccc1C(F)(F)F. The molecule has 0 saturated heterocycles. The molecule has 0 saturated carbocycles. The highest BCUT2D eigenvalue weighted by Crippen LogP contribution is 2.32. The molecule has 6 heteroatoms. The summed E-state index contributed by atoms with van der Waals surface area (Å²) in [6.45, 7) is 0. The monoisotopic (exact) mass is 210 g/mol. The fourth-order valence-electron chi connectivity index (χ4n) is 0.831. The number of alkyl halides is 4. The quantitative estimate of drug-likeness (QED) is 0.723. The van der Waals surface area contributed by atoms with Gasteiger partial charge in [-0.15, -0.1) is 11.6 Å². The van der Waals surface area contributed by atoms with Gasteiger partial charge in [-0.1, -0.05) is 0 Å². The van der Waals surface area contributed by atoms with Crippen LogP contribution in [0.15, 0.2) is 12.1 Å². The molecule has 0 unspecified atom stereocenters. The molecule has 0 atom stereocenters. The van der Waals surface area contributed by atoms with E-state index in [2.05, 4.69) is 4.98 Å². The van der Waals surface area contributed by atoms with E-state index >= 15 is 0 Å². The summed E-state index contributed by atoms with van der Waals surface area (Å²) in [4.78, 5) is 3.48. The number of nitrogens with two attached hydrogens (primary N) is 1. The Labute approximate surface area is 77.5 Å². The lowest BCUT2D eigenvalue weighted by atomic mass is 10.2. The largest absolute Gasteiger partial charge is 0.419 e. The number of aromatic nitrogens is 1. The van der Waals surface area contributed by atoms with Crippen molar-refractivity contribution in [3.63, 3.8) is 0 Å². The molecule has 1 heterocycles. The number of rotatable bonds is 1. The van der Waals surface area contributed by atoms with E-state index in [1.54, 1.807) is 0 Å². The molecule has 1 rings (SSSR count). The zero-order chi connectivity index (χ0) is 10.1. The van der Waals surface area contributed by atoms with Gasteiger partial charge in [-0.25, -0.2) is 4.98 Å². The number of nitrogen functional groups attached to an aromatic ring is 1. The molecular formula is C7H6ClF3N2. The molecule has 0 aliphatic heterocycles. The van der Waals surface area contributed by atoms with E-state index in [9.17, 15) is 13.2 Å². The third-order valence-electron chi connectivity index (χ3n) is 1.42. The lowest BCUT2D eigenvalue weighted by Gasteiger charge is -2.09. The maximum absolute atomic E-state index is 12.1. The Hall–Kier alpha value is -0.970. The number of hydrogen-bond acceptors (Lipinski definition) is 2. The zero-order valence-corrected chi connectivity index (χ0v) is 7.15. The molecule has 0 amide bonds. The van der Waals surface area contributed by atoms with E-state index in [-0.39, 0.29) is 5.88 Å². The molecule has 1 aromatic heterocycles. The van der Waals surface area contributed by atoms with Gasteiger partial charge in [-0.2, -0.15) is 13.2 Å². The Bertz CT molecular complexity index is 311. The van der Waals surface area contributed by atoms with Crippen LogP contribution in [0, 0.1) is 0 Å². The summed E-state index contributed by atoms with van der Waals surface area (Å²) in [5.74, 6) is -0.492. The van der Waals surface area contributed by atoms with Crippen LogP contribution in [0.3, 0.4) is 0 Å². The lowest BCUT2D eigenvalue weighted by Crippen LogP contribution is -2.10. The number of pyridine rings is 1. The molecule has 1 aromatic rings. The van der Waals surface area contributed by atoms with Gasteiger partial charge in [0.1, 0.15) is 5.82 Å². The van der Waals surface area contributed by atoms with E-state index in [0.29, 0.717) is 5.69 Å². The Kier molecular flexibility index (Phi) is 2.66. The second-order valence-electron chi connectivity index (χ2n) is 2.37. The van der Waals surface area contributed by atoms with Gasteiger partial charge >= 0.3 is 6.18 Å². The van der Waals surface area contributed by atoms with Crippen molar-refractivity contribution in [3.05, 3.63) is 23.4 Å². The fraction of sp³-hybridized carbons (Fsp3) is 0.286. The van der Waals surface area contributed by atoms with Crippen LogP contribution < -0.4 is 5.73 Å². The molecule has 0 radical (unpaired) electrons. The van der Waals surface area contributed by atoms with Crippen molar-refractivity contribution in [2.24, 2.45) is 0 Å². The van der Waals surface area contributed by atoms with E-state index in [4.69, 9.17) is 17.3 Å². The Morgan fingerprint density at radius 1 is 1.38 bits per heavy atom. The van der Waals surface area contributed by atoms with Gasteiger partial charge in [0.05, 0.1) is 17.1 Å². The first-order valence-electron chi connectivity index (χ1n) is 3.33. The van der Waals surface area contributed by atoms with Gasteiger partial charge in [-0.05, 0) is 12.1 Å². The van der Waals surface area contributed by atoms with Crippen LogP contribution in [0.2, 0.25) is 0 Å². The Morgan fingerprint density at radius 2 is 2.00 bits per heavy atom. The second kappa shape index (κ2) is 3.41. The summed E-state index contributed by atoms with van der Waals surface area (Å²) >= 11 is 5.37. The average Bonchev–Trinajstić information content (AvgIpc) is 2.01. The van der Waals surface area contributed by atoms with Gasteiger partial charge in [0.15, 0.2) is 0 Å². The molecule has 72 valence electrons. The standard InChI is InChI=1S/C7H6ClF3N2/c8-3-4-1-2-5(6(12)13-4)7(9,10)11/h1-2H,3H2,(H2,12,13).